The molecule has 0 saturated carbocycles. The number of aliphatic imine (C=N–C) groups is 1. The average molecular weight is 387 g/mol. The average Bonchev–Trinajstić information content (AvgIpc) is 3.16. The van der Waals surface area contributed by atoms with Crippen molar-refractivity contribution in [3.05, 3.63) is 18.7 Å². The third kappa shape index (κ3) is 4.32. The van der Waals surface area contributed by atoms with Gasteiger partial charge in [-0.1, -0.05) is 6.92 Å². The van der Waals surface area contributed by atoms with Crippen LogP contribution in [-0.2, 0) is 4.79 Å². The molecule has 3 heterocycles. The van der Waals surface area contributed by atoms with Crippen molar-refractivity contribution in [2.75, 3.05) is 51.7 Å². The highest BCUT2D eigenvalue weighted by Gasteiger charge is 2.28. The first-order valence-electron chi connectivity index (χ1n) is 9.65. The highest BCUT2D eigenvalue weighted by atomic mass is 16.2. The van der Waals surface area contributed by atoms with Crippen LogP contribution in [0.25, 0.3) is 5.65 Å². The molecule has 10 nitrogen and oxygen atoms in total. The third-order valence-corrected chi connectivity index (χ3v) is 4.79. The van der Waals surface area contributed by atoms with E-state index in [1.54, 1.807) is 31.5 Å². The maximum absolute atomic E-state index is 11.9. The number of hydrogen-bond acceptors (Lipinski definition) is 6. The van der Waals surface area contributed by atoms with Gasteiger partial charge in [-0.25, -0.2) is 9.98 Å². The van der Waals surface area contributed by atoms with Crippen LogP contribution in [0.2, 0.25) is 0 Å². The van der Waals surface area contributed by atoms with Crippen LogP contribution in [0.15, 0.2) is 23.7 Å². The number of guanidine groups is 1. The molecule has 1 saturated heterocycles. The summed E-state index contributed by atoms with van der Waals surface area (Å²) in [4.78, 5) is 27.1. The number of nitrogens with zero attached hydrogens (tertiary/aromatic N) is 8. The van der Waals surface area contributed by atoms with Crippen LogP contribution >= 0.6 is 0 Å². The van der Waals surface area contributed by atoms with Crippen molar-refractivity contribution < 1.29 is 4.79 Å². The molecule has 1 unspecified atom stereocenters. The summed E-state index contributed by atoms with van der Waals surface area (Å²) in [5.74, 6) is 1.62. The zero-order valence-corrected chi connectivity index (χ0v) is 17.0. The molecular formula is C18H29N9O. The van der Waals surface area contributed by atoms with Crippen LogP contribution in [0.4, 0.5) is 5.82 Å². The molecule has 0 bridgehead atoms. The van der Waals surface area contributed by atoms with Crippen LogP contribution in [0.3, 0.4) is 0 Å². The summed E-state index contributed by atoms with van der Waals surface area (Å²) in [6.45, 7) is 7.60. The van der Waals surface area contributed by atoms with E-state index >= 15 is 0 Å². The number of hydrogen-bond donors (Lipinski definition) is 1. The van der Waals surface area contributed by atoms with E-state index in [4.69, 9.17) is 0 Å². The van der Waals surface area contributed by atoms with Crippen molar-refractivity contribution >= 4 is 23.3 Å². The second-order valence-electron chi connectivity index (χ2n) is 7.16. The number of fused-ring (bicyclic) bond motifs is 1. The molecule has 1 N–H and O–H groups in total. The van der Waals surface area contributed by atoms with E-state index in [9.17, 15) is 4.79 Å². The van der Waals surface area contributed by atoms with Gasteiger partial charge in [0.1, 0.15) is 12.9 Å². The van der Waals surface area contributed by atoms with Crippen LogP contribution in [0.1, 0.15) is 20.3 Å². The van der Waals surface area contributed by atoms with E-state index in [-0.39, 0.29) is 18.5 Å². The molecule has 28 heavy (non-hydrogen) atoms. The molecule has 3 rings (SSSR count). The number of rotatable bonds is 5. The Labute approximate surface area is 165 Å². The smallest absolute Gasteiger partial charge is 0.243 e. The monoisotopic (exact) mass is 387 g/mol. The Balaban J connectivity index is 1.73. The maximum Gasteiger partial charge on any atom is 0.243 e. The summed E-state index contributed by atoms with van der Waals surface area (Å²) in [7, 11) is 3.49. The number of anilines is 1. The van der Waals surface area contributed by atoms with Gasteiger partial charge in [-0.3, -0.25) is 9.20 Å². The van der Waals surface area contributed by atoms with Gasteiger partial charge in [0, 0.05) is 58.7 Å². The maximum atomic E-state index is 11.9. The number of carbonyl (C=O) groups excluding carboxylic acids is 1. The first-order chi connectivity index (χ1) is 13.5. The summed E-state index contributed by atoms with van der Waals surface area (Å²) in [5.41, 5.74) is 0.761. The molecule has 1 amide bonds. The number of amides is 1. The highest BCUT2D eigenvalue weighted by molar-refractivity contribution is 5.85. The standard InChI is InChI=1S/C18H29N9O/c1-5-6-20-18(21-11-15(28)24(3)4)25-9-10-27(14(2)12-25)16-17-23-22-13-26(17)8-7-19-16/h7-8,13-14H,5-6,9-12H2,1-4H3,(H,20,21). The number of nitrogens with one attached hydrogen (secondary N) is 1. The lowest BCUT2D eigenvalue weighted by Gasteiger charge is -2.41. The molecule has 0 spiro atoms. The number of aromatic nitrogens is 4. The first-order valence-corrected chi connectivity index (χ1v) is 9.65. The Morgan fingerprint density at radius 1 is 1.39 bits per heavy atom. The minimum Gasteiger partial charge on any atom is -0.356 e. The molecule has 10 heteroatoms. The van der Waals surface area contributed by atoms with Crippen molar-refractivity contribution in [3.63, 3.8) is 0 Å². The van der Waals surface area contributed by atoms with E-state index in [2.05, 4.69) is 49.1 Å². The van der Waals surface area contributed by atoms with Gasteiger partial charge in [0.05, 0.1) is 0 Å². The largest absolute Gasteiger partial charge is 0.356 e. The summed E-state index contributed by atoms with van der Waals surface area (Å²) in [6.07, 6.45) is 6.30. The Hall–Kier alpha value is -2.91. The van der Waals surface area contributed by atoms with Crippen LogP contribution in [-0.4, -0.2) is 94.1 Å². The molecule has 1 atom stereocenters. The molecular weight excluding hydrogens is 358 g/mol. The lowest BCUT2D eigenvalue weighted by molar-refractivity contribution is -0.127. The first kappa shape index (κ1) is 19.8. The van der Waals surface area contributed by atoms with Crippen LogP contribution in [0, 0.1) is 0 Å². The lowest BCUT2D eigenvalue weighted by Crippen LogP contribution is -2.57. The SMILES string of the molecule is CCCNC(=NCC(=O)N(C)C)N1CCN(c2nccn3cnnc23)C(C)C1. The second-order valence-corrected chi connectivity index (χ2v) is 7.16. The Morgan fingerprint density at radius 3 is 2.93 bits per heavy atom. The van der Waals surface area contributed by atoms with Gasteiger partial charge in [-0.05, 0) is 13.3 Å². The van der Waals surface area contributed by atoms with Gasteiger partial charge in [0.25, 0.3) is 0 Å². The number of carbonyl (C=O) groups is 1. The second kappa shape index (κ2) is 8.85. The van der Waals surface area contributed by atoms with Gasteiger partial charge in [0.2, 0.25) is 11.6 Å². The van der Waals surface area contributed by atoms with Gasteiger partial charge in [-0.15, -0.1) is 10.2 Å². The van der Waals surface area contributed by atoms with E-state index in [1.807, 2.05) is 10.6 Å². The molecule has 0 radical (unpaired) electrons. The molecule has 0 aliphatic carbocycles. The predicted octanol–water partition coefficient (Wildman–Crippen LogP) is 0.0786. The zero-order chi connectivity index (χ0) is 20.1. The quantitative estimate of drug-likeness (QED) is 0.573. The normalized spacial score (nSPS) is 17.9. The van der Waals surface area contributed by atoms with Gasteiger partial charge in [-0.2, -0.15) is 0 Å². The van der Waals surface area contributed by atoms with Crippen LogP contribution in [0.5, 0.6) is 0 Å². The van der Waals surface area contributed by atoms with Crippen molar-refractivity contribution in [2.45, 2.75) is 26.3 Å². The Morgan fingerprint density at radius 2 is 2.21 bits per heavy atom. The van der Waals surface area contributed by atoms with Crippen LogP contribution < -0.4 is 10.2 Å². The van der Waals surface area contributed by atoms with E-state index in [0.717, 1.165) is 50.0 Å². The van der Waals surface area contributed by atoms with E-state index in [0.29, 0.717) is 0 Å². The molecule has 0 aromatic carbocycles. The van der Waals surface area contributed by atoms with Crippen molar-refractivity contribution in [1.82, 2.24) is 34.7 Å². The Kier molecular flexibility index (Phi) is 6.27. The molecule has 2 aromatic heterocycles. The topological polar surface area (TPSA) is 94.3 Å². The highest BCUT2D eigenvalue weighted by Crippen LogP contribution is 2.21. The fraction of sp³-hybridized carbons (Fsp3) is 0.611. The molecule has 1 fully saturated rings. The molecule has 1 aliphatic heterocycles. The number of piperazine rings is 1. The lowest BCUT2D eigenvalue weighted by atomic mass is 10.2. The number of likely N-dealkylation sites (N-methyl/N-ethyl adjacent to an activating group) is 1. The fourth-order valence-electron chi connectivity index (χ4n) is 3.20. The van der Waals surface area contributed by atoms with Crippen molar-refractivity contribution in [2.24, 2.45) is 4.99 Å². The minimum atomic E-state index is -0.00910. The van der Waals surface area contributed by atoms with E-state index < -0.39 is 0 Å². The van der Waals surface area contributed by atoms with Gasteiger partial charge >= 0.3 is 0 Å². The van der Waals surface area contributed by atoms with Crippen molar-refractivity contribution in [3.8, 4) is 0 Å². The van der Waals surface area contributed by atoms with Crippen molar-refractivity contribution in [1.29, 1.82) is 0 Å². The van der Waals surface area contributed by atoms with E-state index in [1.165, 1.54) is 0 Å². The Bertz CT molecular complexity index is 831. The predicted molar refractivity (Wildman–Crippen MR) is 108 cm³/mol. The molecule has 1 aliphatic rings. The molecule has 2 aromatic rings. The molecule has 152 valence electrons. The fourth-order valence-corrected chi connectivity index (χ4v) is 3.20. The summed E-state index contributed by atoms with van der Waals surface area (Å²) in [5, 5.41) is 11.6. The van der Waals surface area contributed by atoms with Gasteiger partial charge in [0.15, 0.2) is 11.8 Å². The third-order valence-electron chi connectivity index (χ3n) is 4.79. The van der Waals surface area contributed by atoms with Gasteiger partial charge < -0.3 is 20.0 Å². The summed E-state index contributed by atoms with van der Waals surface area (Å²) >= 11 is 0. The zero-order valence-electron chi connectivity index (χ0n) is 17.0. The summed E-state index contributed by atoms with van der Waals surface area (Å²) in [6, 6.07) is 0.210. The summed E-state index contributed by atoms with van der Waals surface area (Å²) < 4.78 is 1.88. The minimum absolute atomic E-state index is 0.00910.